The summed E-state index contributed by atoms with van der Waals surface area (Å²) in [6, 6.07) is 13.2. The van der Waals surface area contributed by atoms with Crippen molar-refractivity contribution >= 4 is 16.5 Å². The zero-order valence-electron chi connectivity index (χ0n) is 9.10. The first-order valence-electron chi connectivity index (χ1n) is 5.14. The molecule has 88 valence electrons. The number of nitrogens with two attached hydrogens (primary N) is 1. The Morgan fingerprint density at radius 1 is 1.12 bits per heavy atom. The molecule has 0 amide bonds. The Kier molecular flexibility index (Phi) is 3.54. The first-order valence-corrected chi connectivity index (χ1v) is 6.46. The molecule has 2 aromatic rings. The predicted molar refractivity (Wildman–Crippen MR) is 67.4 cm³/mol. The average Bonchev–Trinajstić information content (AvgIpc) is 2.35. The van der Waals surface area contributed by atoms with Crippen LogP contribution in [0.3, 0.4) is 0 Å². The van der Waals surface area contributed by atoms with Gasteiger partial charge in [-0.15, -0.1) is 0 Å². The number of benzene rings is 2. The van der Waals surface area contributed by atoms with Gasteiger partial charge in [-0.05, 0) is 35.9 Å². The van der Waals surface area contributed by atoms with E-state index in [-0.39, 0.29) is 11.6 Å². The minimum absolute atomic E-state index is 0.230. The van der Waals surface area contributed by atoms with Crippen molar-refractivity contribution in [3.8, 4) is 0 Å². The fourth-order valence-electron chi connectivity index (χ4n) is 1.50. The molecule has 2 N–H and O–H groups in total. The summed E-state index contributed by atoms with van der Waals surface area (Å²) >= 11 is 0. The smallest absolute Gasteiger partial charge is 0.123 e. The number of rotatable bonds is 3. The second kappa shape index (κ2) is 5.10. The van der Waals surface area contributed by atoms with E-state index in [1.165, 1.54) is 18.2 Å². The van der Waals surface area contributed by atoms with Crippen molar-refractivity contribution in [2.45, 2.75) is 10.6 Å². The highest BCUT2D eigenvalue weighted by Gasteiger charge is 2.08. The minimum Gasteiger partial charge on any atom is -0.398 e. The Balaban J connectivity index is 2.22. The minimum atomic E-state index is -1.20. The van der Waals surface area contributed by atoms with Crippen LogP contribution < -0.4 is 5.73 Å². The zero-order chi connectivity index (χ0) is 12.3. The first-order chi connectivity index (χ1) is 8.16. The molecule has 0 saturated carbocycles. The van der Waals surface area contributed by atoms with Gasteiger partial charge in [0.05, 0.1) is 16.6 Å². The standard InChI is InChI=1S/C13H12FNOS/c14-11-6-7-13(15)10(8-11)9-17(16)12-4-2-1-3-5-12/h1-8H,9,15H2. The van der Waals surface area contributed by atoms with Crippen LogP contribution in [0.2, 0.25) is 0 Å². The largest absolute Gasteiger partial charge is 0.398 e. The molecule has 0 aliphatic carbocycles. The Morgan fingerprint density at radius 3 is 2.53 bits per heavy atom. The third-order valence-corrected chi connectivity index (χ3v) is 3.77. The van der Waals surface area contributed by atoms with Gasteiger partial charge in [0, 0.05) is 10.6 Å². The summed E-state index contributed by atoms with van der Waals surface area (Å²) in [5.41, 5.74) is 6.76. The molecule has 0 aliphatic heterocycles. The number of halogens is 1. The molecule has 0 fully saturated rings. The summed E-state index contributed by atoms with van der Waals surface area (Å²) in [5.74, 6) is -0.132. The lowest BCUT2D eigenvalue weighted by atomic mass is 10.2. The molecule has 4 heteroatoms. The number of hydrogen-bond acceptors (Lipinski definition) is 2. The van der Waals surface area contributed by atoms with E-state index < -0.39 is 10.8 Å². The van der Waals surface area contributed by atoms with Crippen molar-refractivity contribution in [3.05, 3.63) is 59.9 Å². The van der Waals surface area contributed by atoms with Crippen LogP contribution in [-0.4, -0.2) is 4.21 Å². The SMILES string of the molecule is Nc1ccc(F)cc1CS(=O)c1ccccc1. The Hall–Kier alpha value is -1.68. The van der Waals surface area contributed by atoms with E-state index in [2.05, 4.69) is 0 Å². The van der Waals surface area contributed by atoms with E-state index in [4.69, 9.17) is 5.73 Å². The molecule has 1 atom stereocenters. The van der Waals surface area contributed by atoms with Gasteiger partial charge in [-0.1, -0.05) is 18.2 Å². The maximum absolute atomic E-state index is 13.0. The van der Waals surface area contributed by atoms with Gasteiger partial charge in [-0.25, -0.2) is 4.39 Å². The Bertz CT molecular complexity index is 542. The molecule has 17 heavy (non-hydrogen) atoms. The van der Waals surface area contributed by atoms with Gasteiger partial charge in [-0.3, -0.25) is 4.21 Å². The fourth-order valence-corrected chi connectivity index (χ4v) is 2.66. The van der Waals surface area contributed by atoms with Gasteiger partial charge in [-0.2, -0.15) is 0 Å². The molecule has 0 bridgehead atoms. The van der Waals surface area contributed by atoms with Crippen molar-refractivity contribution in [3.63, 3.8) is 0 Å². The third kappa shape index (κ3) is 2.91. The maximum atomic E-state index is 13.0. The fraction of sp³-hybridized carbons (Fsp3) is 0.0769. The highest BCUT2D eigenvalue weighted by Crippen LogP contribution is 2.18. The van der Waals surface area contributed by atoms with Gasteiger partial charge >= 0.3 is 0 Å². The molecule has 1 unspecified atom stereocenters. The summed E-state index contributed by atoms with van der Waals surface area (Å²) in [5, 5.41) is 0. The Morgan fingerprint density at radius 2 is 1.82 bits per heavy atom. The maximum Gasteiger partial charge on any atom is 0.123 e. The van der Waals surface area contributed by atoms with Crippen LogP contribution in [-0.2, 0) is 16.6 Å². The summed E-state index contributed by atoms with van der Waals surface area (Å²) in [4.78, 5) is 0.719. The zero-order valence-corrected chi connectivity index (χ0v) is 9.91. The van der Waals surface area contributed by atoms with Crippen molar-refractivity contribution in [1.82, 2.24) is 0 Å². The average molecular weight is 249 g/mol. The molecule has 0 saturated heterocycles. The number of hydrogen-bond donors (Lipinski definition) is 1. The number of anilines is 1. The van der Waals surface area contributed by atoms with Crippen LogP contribution in [0.15, 0.2) is 53.4 Å². The lowest BCUT2D eigenvalue weighted by Gasteiger charge is -2.06. The normalized spacial score (nSPS) is 12.3. The van der Waals surface area contributed by atoms with Gasteiger partial charge in [0.15, 0.2) is 0 Å². The van der Waals surface area contributed by atoms with E-state index >= 15 is 0 Å². The summed E-state index contributed by atoms with van der Waals surface area (Å²) in [6.07, 6.45) is 0. The highest BCUT2D eigenvalue weighted by atomic mass is 32.2. The second-order valence-corrected chi connectivity index (χ2v) is 5.10. The quantitative estimate of drug-likeness (QED) is 0.850. The van der Waals surface area contributed by atoms with Crippen molar-refractivity contribution < 1.29 is 8.60 Å². The Labute approximate surface area is 102 Å². The van der Waals surface area contributed by atoms with Gasteiger partial charge in [0.25, 0.3) is 0 Å². The van der Waals surface area contributed by atoms with Crippen LogP contribution in [0, 0.1) is 5.82 Å². The van der Waals surface area contributed by atoms with Crippen LogP contribution >= 0.6 is 0 Å². The number of nitrogen functional groups attached to an aromatic ring is 1. The molecule has 0 spiro atoms. The van der Waals surface area contributed by atoms with Crippen LogP contribution in [0.1, 0.15) is 5.56 Å². The van der Waals surface area contributed by atoms with Crippen LogP contribution in [0.5, 0.6) is 0 Å². The van der Waals surface area contributed by atoms with Crippen LogP contribution in [0.4, 0.5) is 10.1 Å². The molecule has 2 rings (SSSR count). The lowest BCUT2D eigenvalue weighted by molar-refractivity contribution is 0.626. The molecule has 2 aromatic carbocycles. The first kappa shape index (κ1) is 11.8. The van der Waals surface area contributed by atoms with Crippen molar-refractivity contribution in [1.29, 1.82) is 0 Å². The molecule has 0 heterocycles. The van der Waals surface area contributed by atoms with Gasteiger partial charge < -0.3 is 5.73 Å². The molecule has 0 aromatic heterocycles. The molecular formula is C13H12FNOS. The molecular weight excluding hydrogens is 237 g/mol. The monoisotopic (exact) mass is 249 g/mol. The van der Waals surface area contributed by atoms with E-state index in [0.717, 1.165) is 4.90 Å². The van der Waals surface area contributed by atoms with E-state index in [1.807, 2.05) is 18.2 Å². The molecule has 2 nitrogen and oxygen atoms in total. The van der Waals surface area contributed by atoms with Crippen molar-refractivity contribution in [2.75, 3.05) is 5.73 Å². The summed E-state index contributed by atoms with van der Waals surface area (Å²) in [7, 11) is -1.20. The second-order valence-electron chi connectivity index (χ2n) is 3.65. The molecule has 0 radical (unpaired) electrons. The predicted octanol–water partition coefficient (Wildman–Crippen LogP) is 2.72. The van der Waals surface area contributed by atoms with Crippen LogP contribution in [0.25, 0.3) is 0 Å². The summed E-state index contributed by atoms with van der Waals surface area (Å²) in [6.45, 7) is 0. The van der Waals surface area contributed by atoms with Gasteiger partial charge in [0.2, 0.25) is 0 Å². The highest BCUT2D eigenvalue weighted by molar-refractivity contribution is 7.84. The van der Waals surface area contributed by atoms with Crippen molar-refractivity contribution in [2.24, 2.45) is 0 Å². The summed E-state index contributed by atoms with van der Waals surface area (Å²) < 4.78 is 25.1. The van der Waals surface area contributed by atoms with E-state index in [9.17, 15) is 8.60 Å². The van der Waals surface area contributed by atoms with E-state index in [1.54, 1.807) is 12.1 Å². The third-order valence-electron chi connectivity index (χ3n) is 2.40. The topological polar surface area (TPSA) is 43.1 Å². The van der Waals surface area contributed by atoms with E-state index in [0.29, 0.717) is 11.3 Å². The lowest BCUT2D eigenvalue weighted by Crippen LogP contribution is -2.01. The molecule has 0 aliphatic rings. The van der Waals surface area contributed by atoms with Gasteiger partial charge in [0.1, 0.15) is 5.82 Å².